The van der Waals surface area contributed by atoms with E-state index < -0.39 is 11.2 Å². The second kappa shape index (κ2) is 7.25. The van der Waals surface area contributed by atoms with Gasteiger partial charge >= 0.3 is 0 Å². The molecule has 0 heterocycles. The first-order valence-electron chi connectivity index (χ1n) is 6.67. The van der Waals surface area contributed by atoms with Crippen molar-refractivity contribution in [2.24, 2.45) is 5.41 Å². The number of hydrogen-bond donors (Lipinski definition) is 1. The summed E-state index contributed by atoms with van der Waals surface area (Å²) in [4.78, 5) is 12.4. The molecule has 1 rings (SSSR count). The number of carbonyl (C=O) groups excluding carboxylic acids is 1. The van der Waals surface area contributed by atoms with Gasteiger partial charge in [-0.25, -0.2) is 4.39 Å². The number of nitrogens with one attached hydrogen (secondary N) is 1. The molecule has 0 saturated heterocycles. The van der Waals surface area contributed by atoms with Gasteiger partial charge in [0, 0.05) is 0 Å². The lowest BCUT2D eigenvalue weighted by atomic mass is 9.79. The maximum Gasteiger partial charge on any atom is 0.244 e. The van der Waals surface area contributed by atoms with E-state index in [4.69, 9.17) is 11.6 Å². The molecule has 1 aromatic rings. The summed E-state index contributed by atoms with van der Waals surface area (Å²) >= 11 is 5.88. The summed E-state index contributed by atoms with van der Waals surface area (Å²) in [5.74, 6) is -0.848. The van der Waals surface area contributed by atoms with Crippen molar-refractivity contribution in [2.45, 2.75) is 39.5 Å². The standard InChI is InChI=1S/C15H18ClFN2O/c1-3-7-15(10-18,8-4-2)14(20)19-13-6-5-11(17)9-12(13)16/h5-6,9H,3-4,7-8H2,1-2H3,(H,19,20). The van der Waals surface area contributed by atoms with Crippen molar-refractivity contribution in [1.29, 1.82) is 5.26 Å². The van der Waals surface area contributed by atoms with E-state index in [1.165, 1.54) is 12.1 Å². The predicted octanol–water partition coefficient (Wildman–Crippen LogP) is 4.53. The van der Waals surface area contributed by atoms with Crippen LogP contribution in [0.2, 0.25) is 5.02 Å². The molecule has 0 unspecified atom stereocenters. The van der Waals surface area contributed by atoms with Gasteiger partial charge in [0.15, 0.2) is 0 Å². The minimum absolute atomic E-state index is 0.123. The predicted molar refractivity (Wildman–Crippen MR) is 77.9 cm³/mol. The summed E-state index contributed by atoms with van der Waals surface area (Å²) < 4.78 is 13.0. The summed E-state index contributed by atoms with van der Waals surface area (Å²) in [6.45, 7) is 3.86. The van der Waals surface area contributed by atoms with Crippen LogP contribution in [0.25, 0.3) is 0 Å². The van der Waals surface area contributed by atoms with Crippen LogP contribution in [0.3, 0.4) is 0 Å². The molecule has 1 N–H and O–H groups in total. The van der Waals surface area contributed by atoms with Crippen LogP contribution >= 0.6 is 11.6 Å². The lowest BCUT2D eigenvalue weighted by molar-refractivity contribution is -0.123. The summed E-state index contributed by atoms with van der Waals surface area (Å²) in [5, 5.41) is 12.2. The first-order valence-corrected chi connectivity index (χ1v) is 7.04. The highest BCUT2D eigenvalue weighted by molar-refractivity contribution is 6.33. The van der Waals surface area contributed by atoms with Gasteiger partial charge in [0.05, 0.1) is 16.8 Å². The van der Waals surface area contributed by atoms with Gasteiger partial charge in [0.1, 0.15) is 11.2 Å². The van der Waals surface area contributed by atoms with E-state index >= 15 is 0 Å². The van der Waals surface area contributed by atoms with Crippen LogP contribution in [-0.2, 0) is 4.79 Å². The molecule has 0 bridgehead atoms. The highest BCUT2D eigenvalue weighted by atomic mass is 35.5. The Hall–Kier alpha value is -1.60. The minimum Gasteiger partial charge on any atom is -0.323 e. The number of nitriles is 1. The van der Waals surface area contributed by atoms with E-state index in [0.717, 1.165) is 18.9 Å². The largest absolute Gasteiger partial charge is 0.323 e. The molecule has 1 amide bonds. The summed E-state index contributed by atoms with van der Waals surface area (Å²) in [5.41, 5.74) is -0.730. The Morgan fingerprint density at radius 2 is 2.00 bits per heavy atom. The fourth-order valence-electron chi connectivity index (χ4n) is 2.20. The number of benzene rings is 1. The van der Waals surface area contributed by atoms with E-state index in [1.54, 1.807) is 0 Å². The van der Waals surface area contributed by atoms with E-state index in [2.05, 4.69) is 11.4 Å². The topological polar surface area (TPSA) is 52.9 Å². The van der Waals surface area contributed by atoms with E-state index in [1.807, 2.05) is 13.8 Å². The number of nitrogens with zero attached hydrogens (tertiary/aromatic N) is 1. The SMILES string of the molecule is CCCC(C#N)(CCC)C(=O)Nc1ccc(F)cc1Cl. The molecule has 3 nitrogen and oxygen atoms in total. The van der Waals surface area contributed by atoms with Crippen molar-refractivity contribution < 1.29 is 9.18 Å². The van der Waals surface area contributed by atoms with Crippen LogP contribution in [-0.4, -0.2) is 5.91 Å². The highest BCUT2D eigenvalue weighted by Crippen LogP contribution is 2.32. The molecule has 0 radical (unpaired) electrons. The molecule has 5 heteroatoms. The van der Waals surface area contributed by atoms with Crippen molar-refractivity contribution in [3.8, 4) is 6.07 Å². The third-order valence-electron chi connectivity index (χ3n) is 3.18. The highest BCUT2D eigenvalue weighted by Gasteiger charge is 2.37. The molecule has 0 aromatic heterocycles. The maximum absolute atomic E-state index is 13.0. The zero-order valence-corrected chi connectivity index (χ0v) is 12.4. The minimum atomic E-state index is -1.05. The molecule has 1 aromatic carbocycles. The third kappa shape index (κ3) is 3.71. The van der Waals surface area contributed by atoms with Gasteiger partial charge in [0.25, 0.3) is 0 Å². The lowest BCUT2D eigenvalue weighted by Crippen LogP contribution is -2.35. The lowest BCUT2D eigenvalue weighted by Gasteiger charge is -2.24. The molecule has 0 aliphatic rings. The summed E-state index contributed by atoms with van der Waals surface area (Å²) in [7, 11) is 0. The number of anilines is 1. The fraction of sp³-hybridized carbons (Fsp3) is 0.467. The molecule has 108 valence electrons. The number of hydrogen-bond acceptors (Lipinski definition) is 2. The van der Waals surface area contributed by atoms with Crippen LogP contribution < -0.4 is 5.32 Å². The van der Waals surface area contributed by atoms with Gasteiger partial charge in [-0.15, -0.1) is 0 Å². The Balaban J connectivity index is 2.99. The van der Waals surface area contributed by atoms with Crippen molar-refractivity contribution in [1.82, 2.24) is 0 Å². The smallest absolute Gasteiger partial charge is 0.244 e. The molecule has 20 heavy (non-hydrogen) atoms. The van der Waals surface area contributed by atoms with Crippen LogP contribution in [0.4, 0.5) is 10.1 Å². The van der Waals surface area contributed by atoms with Crippen LogP contribution in [0.15, 0.2) is 18.2 Å². The molecule has 0 aliphatic carbocycles. The zero-order chi connectivity index (χ0) is 15.2. The van der Waals surface area contributed by atoms with Gasteiger partial charge in [-0.3, -0.25) is 4.79 Å². The maximum atomic E-state index is 13.0. The molecular weight excluding hydrogens is 279 g/mol. The van der Waals surface area contributed by atoms with Crippen LogP contribution in [0.1, 0.15) is 39.5 Å². The number of amides is 1. The van der Waals surface area contributed by atoms with E-state index in [-0.39, 0.29) is 10.9 Å². The first kappa shape index (κ1) is 16.5. The van der Waals surface area contributed by atoms with E-state index in [9.17, 15) is 14.4 Å². The molecule has 0 saturated carbocycles. The number of carbonyl (C=O) groups is 1. The van der Waals surface area contributed by atoms with Crippen molar-refractivity contribution >= 4 is 23.2 Å². The second-order valence-corrected chi connectivity index (χ2v) is 5.18. The van der Waals surface area contributed by atoms with Crippen LogP contribution in [0, 0.1) is 22.6 Å². The summed E-state index contributed by atoms with van der Waals surface area (Å²) in [6, 6.07) is 5.88. The monoisotopic (exact) mass is 296 g/mol. The molecular formula is C15H18ClFN2O. The van der Waals surface area contributed by atoms with Gasteiger partial charge < -0.3 is 5.32 Å². The zero-order valence-electron chi connectivity index (χ0n) is 11.7. The quantitative estimate of drug-likeness (QED) is 0.838. The van der Waals surface area contributed by atoms with Gasteiger partial charge in [-0.1, -0.05) is 38.3 Å². The Bertz CT molecular complexity index is 519. The third-order valence-corrected chi connectivity index (χ3v) is 3.49. The van der Waals surface area contributed by atoms with Gasteiger partial charge in [0.2, 0.25) is 5.91 Å². The number of rotatable bonds is 6. The number of halogens is 2. The van der Waals surface area contributed by atoms with Crippen LogP contribution in [0.5, 0.6) is 0 Å². The Kier molecular flexibility index (Phi) is 5.97. The Morgan fingerprint density at radius 3 is 2.45 bits per heavy atom. The van der Waals surface area contributed by atoms with Crippen molar-refractivity contribution in [3.05, 3.63) is 29.0 Å². The Labute approximate surface area is 123 Å². The molecule has 0 spiro atoms. The average Bonchev–Trinajstić information content (AvgIpc) is 2.41. The van der Waals surface area contributed by atoms with Crippen molar-refractivity contribution in [2.75, 3.05) is 5.32 Å². The fourth-order valence-corrected chi connectivity index (χ4v) is 2.42. The second-order valence-electron chi connectivity index (χ2n) is 4.77. The molecule has 0 fully saturated rings. The normalized spacial score (nSPS) is 10.9. The molecule has 0 aliphatic heterocycles. The first-order chi connectivity index (χ1) is 9.49. The average molecular weight is 297 g/mol. The van der Waals surface area contributed by atoms with Gasteiger partial charge in [-0.2, -0.15) is 5.26 Å². The van der Waals surface area contributed by atoms with Crippen molar-refractivity contribution in [3.63, 3.8) is 0 Å². The molecule has 0 atom stereocenters. The Morgan fingerprint density at radius 1 is 1.40 bits per heavy atom. The van der Waals surface area contributed by atoms with Gasteiger partial charge in [-0.05, 0) is 31.0 Å². The van der Waals surface area contributed by atoms with E-state index in [0.29, 0.717) is 18.5 Å². The summed E-state index contributed by atoms with van der Waals surface area (Å²) in [6.07, 6.45) is 2.44.